The lowest BCUT2D eigenvalue weighted by Crippen LogP contribution is -2.23. The van der Waals surface area contributed by atoms with Crippen LogP contribution in [0.1, 0.15) is 27.0 Å². The minimum absolute atomic E-state index is 0.244. The first kappa shape index (κ1) is 19.6. The zero-order valence-corrected chi connectivity index (χ0v) is 16.7. The van der Waals surface area contributed by atoms with Gasteiger partial charge in [-0.2, -0.15) is 0 Å². The molecular weight excluding hydrogens is 376 g/mol. The van der Waals surface area contributed by atoms with Crippen molar-refractivity contribution in [1.29, 1.82) is 0 Å². The summed E-state index contributed by atoms with van der Waals surface area (Å²) in [4.78, 5) is 20.7. The van der Waals surface area contributed by atoms with E-state index in [1.807, 2.05) is 50.2 Å². The van der Waals surface area contributed by atoms with Crippen LogP contribution in [-0.2, 0) is 6.54 Å². The van der Waals surface area contributed by atoms with Gasteiger partial charge in [0.2, 0.25) is 5.95 Å². The third-order valence-electron chi connectivity index (χ3n) is 4.19. The van der Waals surface area contributed by atoms with Gasteiger partial charge in [0.1, 0.15) is 5.75 Å². The monoisotopic (exact) mass is 396 g/mol. The highest BCUT2D eigenvalue weighted by Gasteiger charge is 2.10. The van der Waals surface area contributed by atoms with Gasteiger partial charge in [0, 0.05) is 18.9 Å². The van der Waals surface area contributed by atoms with Crippen molar-refractivity contribution in [2.24, 2.45) is 0 Å². The highest BCUT2D eigenvalue weighted by molar-refractivity contribution is 6.33. The van der Waals surface area contributed by atoms with E-state index in [2.05, 4.69) is 20.6 Å². The van der Waals surface area contributed by atoms with Crippen LogP contribution in [-0.4, -0.2) is 23.0 Å². The largest absolute Gasteiger partial charge is 0.497 e. The van der Waals surface area contributed by atoms with E-state index in [0.29, 0.717) is 23.1 Å². The number of aryl methyl sites for hydroxylation is 2. The van der Waals surface area contributed by atoms with Crippen molar-refractivity contribution >= 4 is 29.1 Å². The maximum Gasteiger partial charge on any atom is 0.254 e. The van der Waals surface area contributed by atoms with Gasteiger partial charge in [0.15, 0.2) is 0 Å². The third-order valence-corrected chi connectivity index (χ3v) is 4.49. The average Bonchev–Trinajstić information content (AvgIpc) is 2.69. The fraction of sp³-hybridized carbons (Fsp3) is 0.190. The van der Waals surface area contributed by atoms with Crippen molar-refractivity contribution in [3.8, 4) is 5.75 Å². The first-order chi connectivity index (χ1) is 13.5. The molecular formula is C21H21ClN4O2. The van der Waals surface area contributed by atoms with Gasteiger partial charge in [-0.1, -0.05) is 29.8 Å². The zero-order valence-electron chi connectivity index (χ0n) is 15.9. The fourth-order valence-electron chi connectivity index (χ4n) is 2.72. The lowest BCUT2D eigenvalue weighted by Gasteiger charge is -2.11. The molecule has 0 radical (unpaired) electrons. The standard InChI is InChI=1S/C21H21ClN4O2/c1-13-8-14(2)19(18(22)9-13)26-21-24-11-16(12-25-21)20(27)23-10-15-4-6-17(28-3)7-5-15/h4-9,11-12H,10H2,1-3H3,(H,23,27)(H,24,25,26). The molecule has 0 bridgehead atoms. The molecule has 144 valence electrons. The predicted molar refractivity (Wildman–Crippen MR) is 110 cm³/mol. The second-order valence-corrected chi connectivity index (χ2v) is 6.80. The van der Waals surface area contributed by atoms with Crippen LogP contribution in [0.3, 0.4) is 0 Å². The maximum absolute atomic E-state index is 12.3. The maximum atomic E-state index is 12.3. The SMILES string of the molecule is COc1ccc(CNC(=O)c2cnc(Nc3c(C)cc(C)cc3Cl)nc2)cc1. The number of anilines is 2. The lowest BCUT2D eigenvalue weighted by atomic mass is 10.1. The summed E-state index contributed by atoms with van der Waals surface area (Å²) in [6.07, 6.45) is 2.96. The number of methoxy groups -OCH3 is 1. The molecule has 2 N–H and O–H groups in total. The summed E-state index contributed by atoms with van der Waals surface area (Å²) in [5.41, 5.74) is 4.18. The summed E-state index contributed by atoms with van der Waals surface area (Å²) < 4.78 is 5.12. The highest BCUT2D eigenvalue weighted by atomic mass is 35.5. The van der Waals surface area contributed by atoms with Gasteiger partial charge in [-0.15, -0.1) is 0 Å². The molecule has 0 atom stereocenters. The second-order valence-electron chi connectivity index (χ2n) is 6.39. The molecule has 2 aromatic carbocycles. The molecule has 0 spiro atoms. The summed E-state index contributed by atoms with van der Waals surface area (Å²) in [5.74, 6) is 0.906. The zero-order chi connectivity index (χ0) is 20.1. The minimum atomic E-state index is -0.244. The first-order valence-electron chi connectivity index (χ1n) is 8.73. The fourth-order valence-corrected chi connectivity index (χ4v) is 3.09. The van der Waals surface area contributed by atoms with Crippen LogP contribution in [0.15, 0.2) is 48.8 Å². The Balaban J connectivity index is 1.62. The van der Waals surface area contributed by atoms with Gasteiger partial charge in [-0.05, 0) is 48.7 Å². The molecule has 6 nitrogen and oxygen atoms in total. The van der Waals surface area contributed by atoms with Crippen LogP contribution >= 0.6 is 11.6 Å². The molecule has 3 rings (SSSR count). The van der Waals surface area contributed by atoms with Gasteiger partial charge in [0.05, 0.1) is 23.4 Å². The Bertz CT molecular complexity index is 950. The molecule has 0 aliphatic carbocycles. The molecule has 28 heavy (non-hydrogen) atoms. The lowest BCUT2D eigenvalue weighted by molar-refractivity contribution is 0.0950. The predicted octanol–water partition coefficient (Wildman–Crippen LogP) is 4.43. The average molecular weight is 397 g/mol. The first-order valence-corrected chi connectivity index (χ1v) is 9.11. The van der Waals surface area contributed by atoms with E-state index in [0.717, 1.165) is 28.1 Å². The molecule has 1 amide bonds. The Kier molecular flexibility index (Phi) is 6.11. The van der Waals surface area contributed by atoms with E-state index in [-0.39, 0.29) is 5.91 Å². The number of nitrogens with one attached hydrogen (secondary N) is 2. The Labute approximate surface area is 168 Å². The van der Waals surface area contributed by atoms with Crippen molar-refractivity contribution in [2.75, 3.05) is 12.4 Å². The third kappa shape index (κ3) is 4.78. The van der Waals surface area contributed by atoms with E-state index >= 15 is 0 Å². The van der Waals surface area contributed by atoms with Crippen LogP contribution in [0.4, 0.5) is 11.6 Å². The number of halogens is 1. The Morgan fingerprint density at radius 1 is 1.11 bits per heavy atom. The van der Waals surface area contributed by atoms with Crippen molar-refractivity contribution in [1.82, 2.24) is 15.3 Å². The number of carbonyl (C=O) groups excluding carboxylic acids is 1. The van der Waals surface area contributed by atoms with Crippen LogP contribution in [0.2, 0.25) is 5.02 Å². The second kappa shape index (κ2) is 8.71. The Morgan fingerprint density at radius 3 is 2.39 bits per heavy atom. The van der Waals surface area contributed by atoms with Crippen molar-refractivity contribution in [3.63, 3.8) is 0 Å². The van der Waals surface area contributed by atoms with Gasteiger partial charge in [-0.3, -0.25) is 4.79 Å². The number of ether oxygens (including phenoxy) is 1. The molecule has 7 heteroatoms. The summed E-state index contributed by atoms with van der Waals surface area (Å²) in [6, 6.07) is 11.4. The van der Waals surface area contributed by atoms with E-state index < -0.39 is 0 Å². The quantitative estimate of drug-likeness (QED) is 0.644. The number of carbonyl (C=O) groups is 1. The molecule has 1 aromatic heterocycles. The van der Waals surface area contributed by atoms with Crippen LogP contribution < -0.4 is 15.4 Å². The van der Waals surface area contributed by atoms with Crippen LogP contribution in [0.5, 0.6) is 5.75 Å². The van der Waals surface area contributed by atoms with Crippen LogP contribution in [0.25, 0.3) is 0 Å². The van der Waals surface area contributed by atoms with Crippen molar-refractivity contribution in [2.45, 2.75) is 20.4 Å². The molecule has 3 aromatic rings. The molecule has 0 fully saturated rings. The molecule has 0 saturated heterocycles. The van der Waals surface area contributed by atoms with Gasteiger partial charge in [-0.25, -0.2) is 9.97 Å². The number of benzene rings is 2. The summed E-state index contributed by atoms with van der Waals surface area (Å²) in [7, 11) is 1.61. The van der Waals surface area contributed by atoms with Gasteiger partial charge < -0.3 is 15.4 Å². The molecule has 0 aliphatic heterocycles. The number of amides is 1. The summed E-state index contributed by atoms with van der Waals surface area (Å²) in [5, 5.41) is 6.55. The Morgan fingerprint density at radius 2 is 1.79 bits per heavy atom. The summed E-state index contributed by atoms with van der Waals surface area (Å²) in [6.45, 7) is 4.35. The topological polar surface area (TPSA) is 76.1 Å². The number of nitrogens with zero attached hydrogens (tertiary/aromatic N) is 2. The van der Waals surface area contributed by atoms with Crippen molar-refractivity contribution < 1.29 is 9.53 Å². The van der Waals surface area contributed by atoms with Gasteiger partial charge >= 0.3 is 0 Å². The van der Waals surface area contributed by atoms with E-state index in [4.69, 9.17) is 16.3 Å². The number of hydrogen-bond acceptors (Lipinski definition) is 5. The Hall–Kier alpha value is -3.12. The van der Waals surface area contributed by atoms with E-state index in [9.17, 15) is 4.79 Å². The number of rotatable bonds is 6. The highest BCUT2D eigenvalue weighted by Crippen LogP contribution is 2.29. The smallest absolute Gasteiger partial charge is 0.254 e. The number of hydrogen-bond donors (Lipinski definition) is 2. The molecule has 0 saturated carbocycles. The van der Waals surface area contributed by atoms with E-state index in [1.54, 1.807) is 7.11 Å². The molecule has 0 unspecified atom stereocenters. The van der Waals surface area contributed by atoms with Gasteiger partial charge in [0.25, 0.3) is 5.91 Å². The normalized spacial score (nSPS) is 10.4. The minimum Gasteiger partial charge on any atom is -0.497 e. The van der Waals surface area contributed by atoms with Crippen molar-refractivity contribution in [3.05, 3.63) is 76.1 Å². The van der Waals surface area contributed by atoms with E-state index in [1.165, 1.54) is 12.4 Å². The van der Waals surface area contributed by atoms with Crippen LogP contribution in [0, 0.1) is 13.8 Å². The number of aromatic nitrogens is 2. The molecule has 0 aliphatic rings. The summed E-state index contributed by atoms with van der Waals surface area (Å²) >= 11 is 6.29. The molecule has 1 heterocycles.